The van der Waals surface area contributed by atoms with Crippen LogP contribution in [0.2, 0.25) is 5.02 Å². The maximum Gasteiger partial charge on any atom is 0.471 e. The molecule has 0 radical (unpaired) electrons. The fraction of sp³-hybridized carbons (Fsp3) is 0.125. The minimum atomic E-state index is -4.78. The van der Waals surface area contributed by atoms with E-state index in [0.29, 0.717) is 5.69 Å². The highest BCUT2D eigenvalue weighted by atomic mass is 35.5. The molecular weight excluding hydrogens is 400 g/mol. The van der Waals surface area contributed by atoms with Gasteiger partial charge in [0.1, 0.15) is 0 Å². The largest absolute Gasteiger partial charge is 0.471 e. The zero-order chi connectivity index (χ0) is 19.8. The fourth-order valence-electron chi connectivity index (χ4n) is 2.18. The minimum absolute atomic E-state index is 0.0907. The molecule has 0 amide bonds. The van der Waals surface area contributed by atoms with Gasteiger partial charge in [-0.15, -0.1) is 0 Å². The molecule has 0 saturated heterocycles. The quantitative estimate of drug-likeness (QED) is 0.527. The minimum Gasteiger partial charge on any atom is -0.355 e. The highest BCUT2D eigenvalue weighted by Gasteiger charge is 2.38. The molecule has 0 fully saturated rings. The van der Waals surface area contributed by atoms with Gasteiger partial charge in [0.2, 0.25) is 5.82 Å². The Kier molecular flexibility index (Phi) is 4.77. The van der Waals surface area contributed by atoms with Crippen molar-refractivity contribution in [1.29, 1.82) is 0 Å². The van der Waals surface area contributed by atoms with Crippen LogP contribution in [0.15, 0.2) is 47.0 Å². The number of hydrogen-bond donors (Lipinski definition) is 1. The number of nitrogens with one attached hydrogen (secondary N) is 1. The third kappa shape index (κ3) is 4.33. The van der Waals surface area contributed by atoms with Gasteiger partial charge >= 0.3 is 18.2 Å². The first kappa shape index (κ1) is 19.0. The van der Waals surface area contributed by atoms with E-state index in [2.05, 4.69) is 20.0 Å². The summed E-state index contributed by atoms with van der Waals surface area (Å²) in [6.07, 6.45) is -9.41. The number of halogens is 7. The van der Waals surface area contributed by atoms with Crippen molar-refractivity contribution in [3.63, 3.8) is 0 Å². The van der Waals surface area contributed by atoms with Gasteiger partial charge in [-0.2, -0.15) is 31.3 Å². The van der Waals surface area contributed by atoms with E-state index in [1.807, 2.05) is 0 Å². The molecule has 3 aromatic rings. The van der Waals surface area contributed by atoms with Crippen molar-refractivity contribution in [3.05, 3.63) is 58.9 Å². The predicted molar refractivity (Wildman–Crippen MR) is 84.5 cm³/mol. The molecule has 4 nitrogen and oxygen atoms in total. The summed E-state index contributed by atoms with van der Waals surface area (Å²) >= 11 is 5.56. The maximum atomic E-state index is 12.9. The smallest absolute Gasteiger partial charge is 0.355 e. The average molecular weight is 408 g/mol. The van der Waals surface area contributed by atoms with Crippen LogP contribution in [0.3, 0.4) is 0 Å². The zero-order valence-corrected chi connectivity index (χ0v) is 13.7. The van der Waals surface area contributed by atoms with E-state index in [9.17, 15) is 26.3 Å². The Morgan fingerprint density at radius 2 is 1.59 bits per heavy atom. The molecule has 0 aliphatic heterocycles. The molecule has 1 aromatic heterocycles. The van der Waals surface area contributed by atoms with Gasteiger partial charge in [-0.05, 0) is 30.3 Å². The van der Waals surface area contributed by atoms with Gasteiger partial charge in [0, 0.05) is 16.9 Å². The Bertz CT molecular complexity index is 967. The number of nitrogens with zero attached hydrogens (tertiary/aromatic N) is 2. The highest BCUT2D eigenvalue weighted by molar-refractivity contribution is 6.31. The summed E-state index contributed by atoms with van der Waals surface area (Å²) in [4.78, 5) is 3.26. The number of benzene rings is 2. The van der Waals surface area contributed by atoms with Crippen molar-refractivity contribution < 1.29 is 30.9 Å². The molecule has 0 atom stereocenters. The van der Waals surface area contributed by atoms with E-state index < -0.39 is 28.8 Å². The number of hydrogen-bond acceptors (Lipinski definition) is 4. The van der Waals surface area contributed by atoms with Gasteiger partial charge in [-0.1, -0.05) is 28.9 Å². The first-order chi connectivity index (χ1) is 12.5. The molecule has 11 heteroatoms. The van der Waals surface area contributed by atoms with Crippen LogP contribution in [-0.4, -0.2) is 10.1 Å². The van der Waals surface area contributed by atoms with E-state index in [-0.39, 0.29) is 17.1 Å². The van der Waals surface area contributed by atoms with Crippen molar-refractivity contribution >= 4 is 23.0 Å². The van der Waals surface area contributed by atoms with E-state index >= 15 is 0 Å². The van der Waals surface area contributed by atoms with E-state index in [0.717, 1.165) is 12.1 Å². The van der Waals surface area contributed by atoms with Crippen LogP contribution in [0, 0.1) is 0 Å². The van der Waals surface area contributed by atoms with Crippen LogP contribution < -0.4 is 5.32 Å². The molecule has 0 unspecified atom stereocenters. The molecule has 142 valence electrons. The molecule has 0 spiro atoms. The Hall–Kier alpha value is -2.75. The van der Waals surface area contributed by atoms with Crippen molar-refractivity contribution in [3.8, 4) is 11.4 Å². The van der Waals surface area contributed by atoms with Crippen LogP contribution >= 0.6 is 11.6 Å². The Morgan fingerprint density at radius 3 is 2.22 bits per heavy atom. The lowest BCUT2D eigenvalue weighted by molar-refractivity contribution is -0.159. The second kappa shape index (κ2) is 6.76. The van der Waals surface area contributed by atoms with E-state index in [4.69, 9.17) is 11.6 Å². The van der Waals surface area contributed by atoms with Crippen LogP contribution in [0.1, 0.15) is 11.5 Å². The molecule has 3 rings (SSSR count). The second-order valence-electron chi connectivity index (χ2n) is 5.32. The average Bonchev–Trinajstić information content (AvgIpc) is 3.06. The van der Waals surface area contributed by atoms with Gasteiger partial charge < -0.3 is 9.84 Å². The molecule has 1 heterocycles. The monoisotopic (exact) mass is 407 g/mol. The molecule has 0 aliphatic rings. The van der Waals surface area contributed by atoms with Gasteiger partial charge in [0.15, 0.2) is 0 Å². The Labute approximate surface area is 152 Å². The predicted octanol–water partition coefficient (Wildman–Crippen LogP) is 6.17. The lowest BCUT2D eigenvalue weighted by Crippen LogP contribution is -2.06. The van der Waals surface area contributed by atoms with Gasteiger partial charge in [-0.25, -0.2) is 0 Å². The highest BCUT2D eigenvalue weighted by Crippen LogP contribution is 2.37. The van der Waals surface area contributed by atoms with Crippen LogP contribution in [-0.2, 0) is 12.4 Å². The first-order valence-electron chi connectivity index (χ1n) is 7.19. The van der Waals surface area contributed by atoms with Gasteiger partial charge in [-0.3, -0.25) is 0 Å². The third-order valence-corrected chi connectivity index (χ3v) is 3.68. The summed E-state index contributed by atoms with van der Waals surface area (Å²) in [7, 11) is 0. The zero-order valence-electron chi connectivity index (χ0n) is 13.0. The second-order valence-corrected chi connectivity index (χ2v) is 5.73. The van der Waals surface area contributed by atoms with Crippen LogP contribution in [0.5, 0.6) is 0 Å². The molecule has 2 aromatic carbocycles. The maximum absolute atomic E-state index is 12.9. The van der Waals surface area contributed by atoms with Gasteiger partial charge in [0.05, 0.1) is 10.6 Å². The Morgan fingerprint density at radius 1 is 0.889 bits per heavy atom. The van der Waals surface area contributed by atoms with Crippen molar-refractivity contribution in [2.24, 2.45) is 0 Å². The molecule has 0 bridgehead atoms. The molecule has 27 heavy (non-hydrogen) atoms. The van der Waals surface area contributed by atoms with Crippen molar-refractivity contribution in [2.75, 3.05) is 5.32 Å². The fourth-order valence-corrected chi connectivity index (χ4v) is 2.40. The number of anilines is 2. The standard InChI is InChI=1S/C16H8ClF6N3O/c17-12-5-4-10(7-11(12)15(18,19)20)24-9-3-1-2-8(6-9)13-25-14(27-26-13)16(21,22)23/h1-7,24H. The third-order valence-electron chi connectivity index (χ3n) is 3.35. The number of rotatable bonds is 3. The lowest BCUT2D eigenvalue weighted by atomic mass is 10.1. The van der Waals surface area contributed by atoms with Crippen molar-refractivity contribution in [2.45, 2.75) is 12.4 Å². The summed E-state index contributed by atoms with van der Waals surface area (Å²) in [5.41, 5.74) is -0.433. The molecule has 0 aliphatic carbocycles. The van der Waals surface area contributed by atoms with Crippen molar-refractivity contribution in [1.82, 2.24) is 10.1 Å². The summed E-state index contributed by atoms with van der Waals surface area (Å²) in [5, 5.41) is 5.53. The van der Waals surface area contributed by atoms with Crippen LogP contribution in [0.25, 0.3) is 11.4 Å². The molecule has 0 saturated carbocycles. The molecule has 1 N–H and O–H groups in total. The SMILES string of the molecule is FC(F)(F)c1nc(-c2cccc(Nc3ccc(Cl)c(C(F)(F)F)c3)c2)no1. The normalized spacial score (nSPS) is 12.3. The summed E-state index contributed by atoms with van der Waals surface area (Å²) in [6.45, 7) is 0. The first-order valence-corrected chi connectivity index (χ1v) is 7.57. The van der Waals surface area contributed by atoms with E-state index in [1.54, 1.807) is 0 Å². The summed E-state index contributed by atoms with van der Waals surface area (Å²) in [6, 6.07) is 9.03. The van der Waals surface area contributed by atoms with E-state index in [1.165, 1.54) is 30.3 Å². The molecular formula is C16H8ClF6N3O. The van der Waals surface area contributed by atoms with Gasteiger partial charge in [0.25, 0.3) is 0 Å². The lowest BCUT2D eigenvalue weighted by Gasteiger charge is -2.12. The number of aromatic nitrogens is 2. The Balaban J connectivity index is 1.88. The number of alkyl halides is 6. The summed E-state index contributed by atoms with van der Waals surface area (Å²) in [5.74, 6) is -1.80. The topological polar surface area (TPSA) is 51.0 Å². The van der Waals surface area contributed by atoms with Crippen LogP contribution in [0.4, 0.5) is 37.7 Å². The summed E-state index contributed by atoms with van der Waals surface area (Å²) < 4.78 is 80.5.